The zero-order chi connectivity index (χ0) is 13.1. The lowest BCUT2D eigenvalue weighted by Crippen LogP contribution is -2.23. The normalized spacial score (nSPS) is 14.7. The minimum absolute atomic E-state index is 0.163. The van der Waals surface area contributed by atoms with E-state index < -0.39 is 0 Å². The maximum atomic E-state index is 12.0. The van der Waals surface area contributed by atoms with Crippen molar-refractivity contribution in [1.82, 2.24) is 5.32 Å². The molecule has 0 bridgehead atoms. The molecule has 1 amide bonds. The van der Waals surface area contributed by atoms with Gasteiger partial charge in [-0.15, -0.1) is 0 Å². The molecule has 1 heterocycles. The van der Waals surface area contributed by atoms with Crippen LogP contribution in [0.25, 0.3) is 5.57 Å². The highest BCUT2D eigenvalue weighted by Gasteiger charge is 2.24. The van der Waals surface area contributed by atoms with Gasteiger partial charge in [-0.2, -0.15) is 0 Å². The fraction of sp³-hybridized carbons (Fsp3) is 0.286. The number of rotatable bonds is 2. The summed E-state index contributed by atoms with van der Waals surface area (Å²) in [6, 6.07) is 7.07. The summed E-state index contributed by atoms with van der Waals surface area (Å²) >= 11 is 0. The van der Waals surface area contributed by atoms with Gasteiger partial charge < -0.3 is 10.1 Å². The molecule has 1 N–H and O–H groups in total. The first kappa shape index (κ1) is 12.4. The number of hydrogen-bond acceptors (Lipinski definition) is 3. The van der Waals surface area contributed by atoms with Gasteiger partial charge in [-0.05, 0) is 25.5 Å². The Bertz CT molecular complexity index is 532. The Morgan fingerprint density at radius 2 is 2.00 bits per heavy atom. The van der Waals surface area contributed by atoms with Crippen LogP contribution in [0.5, 0.6) is 0 Å². The fourth-order valence-corrected chi connectivity index (χ4v) is 2.01. The summed E-state index contributed by atoms with van der Waals surface area (Å²) in [6.07, 6.45) is 0. The largest absolute Gasteiger partial charge is 0.462 e. The Morgan fingerprint density at radius 3 is 2.67 bits per heavy atom. The number of amides is 1. The van der Waals surface area contributed by atoms with Gasteiger partial charge in [-0.3, -0.25) is 4.79 Å². The number of benzene rings is 1. The van der Waals surface area contributed by atoms with Crippen molar-refractivity contribution in [3.63, 3.8) is 0 Å². The highest BCUT2D eigenvalue weighted by Crippen LogP contribution is 2.26. The van der Waals surface area contributed by atoms with Crippen molar-refractivity contribution in [1.29, 1.82) is 0 Å². The molecule has 0 saturated carbocycles. The van der Waals surface area contributed by atoms with Crippen LogP contribution in [0.2, 0.25) is 0 Å². The van der Waals surface area contributed by atoms with Gasteiger partial charge in [-0.25, -0.2) is 4.79 Å². The summed E-state index contributed by atoms with van der Waals surface area (Å²) in [5.41, 5.74) is 2.46. The Balaban J connectivity index is 2.57. The third-order valence-electron chi connectivity index (χ3n) is 2.86. The first-order valence-corrected chi connectivity index (χ1v) is 5.89. The van der Waals surface area contributed by atoms with E-state index in [1.54, 1.807) is 25.1 Å². The quantitative estimate of drug-likeness (QED) is 0.808. The molecule has 0 aromatic heterocycles. The van der Waals surface area contributed by atoms with Gasteiger partial charge in [0, 0.05) is 17.7 Å². The molecule has 0 unspecified atom stereocenters. The van der Waals surface area contributed by atoms with Gasteiger partial charge in [0.1, 0.15) is 0 Å². The van der Waals surface area contributed by atoms with E-state index in [1.807, 2.05) is 13.0 Å². The molecule has 1 aliphatic heterocycles. The number of carbonyl (C=O) groups excluding carboxylic acids is 2. The predicted octanol–water partition coefficient (Wildman–Crippen LogP) is 1.77. The monoisotopic (exact) mass is 245 g/mol. The van der Waals surface area contributed by atoms with E-state index in [0.29, 0.717) is 29.9 Å². The summed E-state index contributed by atoms with van der Waals surface area (Å²) in [7, 11) is 0. The van der Waals surface area contributed by atoms with Crippen LogP contribution in [-0.2, 0) is 9.53 Å². The summed E-state index contributed by atoms with van der Waals surface area (Å²) < 4.78 is 5.06. The molecule has 4 nitrogen and oxygen atoms in total. The molecule has 18 heavy (non-hydrogen) atoms. The first-order valence-electron chi connectivity index (χ1n) is 5.89. The van der Waals surface area contributed by atoms with Crippen molar-refractivity contribution in [3.05, 3.63) is 41.0 Å². The van der Waals surface area contributed by atoms with E-state index in [-0.39, 0.29) is 11.9 Å². The second-order valence-corrected chi connectivity index (χ2v) is 4.10. The first-order chi connectivity index (χ1) is 8.65. The van der Waals surface area contributed by atoms with Gasteiger partial charge in [0.05, 0.1) is 12.2 Å². The number of fused-ring (bicyclic) bond motifs is 1. The van der Waals surface area contributed by atoms with Crippen LogP contribution in [0.4, 0.5) is 0 Å². The molecule has 0 aliphatic carbocycles. The molecule has 94 valence electrons. The van der Waals surface area contributed by atoms with Crippen LogP contribution in [0.15, 0.2) is 29.8 Å². The zero-order valence-corrected chi connectivity index (χ0v) is 10.4. The van der Waals surface area contributed by atoms with E-state index in [0.717, 1.165) is 5.57 Å². The van der Waals surface area contributed by atoms with Crippen LogP contribution in [-0.4, -0.2) is 25.0 Å². The molecule has 0 radical (unpaired) electrons. The Hall–Kier alpha value is -2.10. The van der Waals surface area contributed by atoms with E-state index in [2.05, 4.69) is 5.32 Å². The highest BCUT2D eigenvalue weighted by molar-refractivity contribution is 6.21. The third kappa shape index (κ3) is 2.14. The zero-order valence-electron chi connectivity index (χ0n) is 10.4. The molecule has 0 fully saturated rings. The van der Waals surface area contributed by atoms with E-state index in [1.165, 1.54) is 0 Å². The maximum absolute atomic E-state index is 12.0. The lowest BCUT2D eigenvalue weighted by molar-refractivity contribution is -0.136. The van der Waals surface area contributed by atoms with Crippen LogP contribution in [0.1, 0.15) is 29.8 Å². The highest BCUT2D eigenvalue weighted by atomic mass is 16.5. The molecule has 0 spiro atoms. The van der Waals surface area contributed by atoms with E-state index in [4.69, 9.17) is 4.74 Å². The molecule has 0 saturated heterocycles. The summed E-state index contributed by atoms with van der Waals surface area (Å²) in [6.45, 7) is 4.27. The topological polar surface area (TPSA) is 55.4 Å². The van der Waals surface area contributed by atoms with Gasteiger partial charge in [0.25, 0.3) is 5.91 Å². The summed E-state index contributed by atoms with van der Waals surface area (Å²) in [5.74, 6) is -0.539. The molecule has 1 aliphatic rings. The minimum atomic E-state index is -0.376. The van der Waals surface area contributed by atoms with Crippen LogP contribution in [0.3, 0.4) is 0 Å². The molecule has 1 aromatic rings. The standard InChI is InChI=1S/C14H15NO3/c1-3-18-14(17)12-9(2)8-15-13(16)11-7-5-4-6-10(11)12/h4-7H,3,8H2,1-2H3,(H,15,16). The predicted molar refractivity (Wildman–Crippen MR) is 68.0 cm³/mol. The van der Waals surface area contributed by atoms with Crippen molar-refractivity contribution in [3.8, 4) is 0 Å². The minimum Gasteiger partial charge on any atom is -0.462 e. The Morgan fingerprint density at radius 1 is 1.33 bits per heavy atom. The molecule has 4 heteroatoms. The summed E-state index contributed by atoms with van der Waals surface area (Å²) in [5, 5.41) is 2.77. The van der Waals surface area contributed by atoms with Crippen molar-refractivity contribution >= 4 is 17.4 Å². The second-order valence-electron chi connectivity index (χ2n) is 4.10. The van der Waals surface area contributed by atoms with E-state index >= 15 is 0 Å². The molecule has 0 atom stereocenters. The molecular formula is C14H15NO3. The number of esters is 1. The fourth-order valence-electron chi connectivity index (χ4n) is 2.01. The van der Waals surface area contributed by atoms with Gasteiger partial charge in [0.2, 0.25) is 0 Å². The lowest BCUT2D eigenvalue weighted by Gasteiger charge is -2.10. The molecule has 2 rings (SSSR count). The van der Waals surface area contributed by atoms with Crippen molar-refractivity contribution in [2.75, 3.05) is 13.2 Å². The van der Waals surface area contributed by atoms with Crippen LogP contribution in [0, 0.1) is 0 Å². The third-order valence-corrected chi connectivity index (χ3v) is 2.86. The molecular weight excluding hydrogens is 230 g/mol. The number of nitrogens with one attached hydrogen (secondary N) is 1. The number of ether oxygens (including phenoxy) is 1. The average Bonchev–Trinajstić information content (AvgIpc) is 2.48. The maximum Gasteiger partial charge on any atom is 0.338 e. The average molecular weight is 245 g/mol. The smallest absolute Gasteiger partial charge is 0.338 e. The Labute approximate surface area is 106 Å². The van der Waals surface area contributed by atoms with Crippen LogP contribution >= 0.6 is 0 Å². The van der Waals surface area contributed by atoms with E-state index in [9.17, 15) is 9.59 Å². The van der Waals surface area contributed by atoms with Gasteiger partial charge in [-0.1, -0.05) is 18.2 Å². The van der Waals surface area contributed by atoms with Gasteiger partial charge in [0.15, 0.2) is 0 Å². The van der Waals surface area contributed by atoms with Gasteiger partial charge >= 0.3 is 5.97 Å². The molecule has 1 aromatic carbocycles. The second kappa shape index (κ2) is 5.04. The van der Waals surface area contributed by atoms with Crippen molar-refractivity contribution in [2.45, 2.75) is 13.8 Å². The number of hydrogen-bond donors (Lipinski definition) is 1. The summed E-state index contributed by atoms with van der Waals surface area (Å²) in [4.78, 5) is 23.9. The SMILES string of the molecule is CCOC(=O)C1=C(C)CNC(=O)c2ccccc21. The lowest BCUT2D eigenvalue weighted by atomic mass is 9.97. The Kier molecular flexibility index (Phi) is 3.46. The number of carbonyl (C=O) groups is 2. The van der Waals surface area contributed by atoms with Crippen molar-refractivity contribution < 1.29 is 14.3 Å². The van der Waals surface area contributed by atoms with Crippen LogP contribution < -0.4 is 5.32 Å². The van der Waals surface area contributed by atoms with Crippen molar-refractivity contribution in [2.24, 2.45) is 0 Å².